The molecule has 18 heavy (non-hydrogen) atoms. The van der Waals surface area contributed by atoms with Crippen molar-refractivity contribution < 1.29 is 9.53 Å². The standard InChI is InChI=1S/C14H26N2O2/c1-11(12-6-4-2-3-5-7-12)16-14(17)13-10-15-8-9-18-13/h11-13,15H,2-10H2,1H3,(H,16,17)/t11-,13?/m1/s1. The Kier molecular flexibility index (Phi) is 5.45. The first-order chi connectivity index (χ1) is 8.77. The second kappa shape index (κ2) is 7.10. The summed E-state index contributed by atoms with van der Waals surface area (Å²) in [6, 6.07) is 0.279. The lowest BCUT2D eigenvalue weighted by Gasteiger charge is -2.28. The van der Waals surface area contributed by atoms with Crippen LogP contribution < -0.4 is 10.6 Å². The monoisotopic (exact) mass is 254 g/mol. The maximum absolute atomic E-state index is 12.1. The minimum atomic E-state index is -0.299. The van der Waals surface area contributed by atoms with E-state index in [-0.39, 0.29) is 18.1 Å². The molecular weight excluding hydrogens is 228 g/mol. The lowest BCUT2D eigenvalue weighted by Crippen LogP contribution is -2.51. The Morgan fingerprint density at radius 3 is 2.61 bits per heavy atom. The third-order valence-corrected chi connectivity index (χ3v) is 4.20. The van der Waals surface area contributed by atoms with Gasteiger partial charge in [0.1, 0.15) is 6.10 Å². The average molecular weight is 254 g/mol. The summed E-state index contributed by atoms with van der Waals surface area (Å²) in [7, 11) is 0. The molecule has 1 heterocycles. The van der Waals surface area contributed by atoms with E-state index in [2.05, 4.69) is 17.6 Å². The lowest BCUT2D eigenvalue weighted by molar-refractivity contribution is -0.135. The van der Waals surface area contributed by atoms with Crippen LogP contribution in [0.25, 0.3) is 0 Å². The van der Waals surface area contributed by atoms with Crippen LogP contribution in [0.2, 0.25) is 0 Å². The van der Waals surface area contributed by atoms with Crippen molar-refractivity contribution in [3.05, 3.63) is 0 Å². The van der Waals surface area contributed by atoms with Gasteiger partial charge < -0.3 is 15.4 Å². The van der Waals surface area contributed by atoms with Crippen LogP contribution in [0.15, 0.2) is 0 Å². The van der Waals surface area contributed by atoms with Crippen LogP contribution in [-0.2, 0) is 9.53 Å². The zero-order valence-corrected chi connectivity index (χ0v) is 11.4. The van der Waals surface area contributed by atoms with Crippen molar-refractivity contribution >= 4 is 5.91 Å². The molecule has 2 aliphatic rings. The molecule has 1 saturated carbocycles. The van der Waals surface area contributed by atoms with E-state index in [0.29, 0.717) is 19.1 Å². The van der Waals surface area contributed by atoms with Crippen molar-refractivity contribution in [1.29, 1.82) is 0 Å². The first-order valence-corrected chi connectivity index (χ1v) is 7.40. The number of nitrogens with one attached hydrogen (secondary N) is 2. The Morgan fingerprint density at radius 2 is 2.00 bits per heavy atom. The zero-order valence-electron chi connectivity index (χ0n) is 11.4. The molecule has 2 atom stereocenters. The highest BCUT2D eigenvalue weighted by atomic mass is 16.5. The molecule has 4 nitrogen and oxygen atoms in total. The predicted octanol–water partition coefficient (Wildman–Crippen LogP) is 1.45. The number of morpholine rings is 1. The van der Waals surface area contributed by atoms with Crippen LogP contribution >= 0.6 is 0 Å². The number of carbonyl (C=O) groups excluding carboxylic acids is 1. The highest BCUT2D eigenvalue weighted by molar-refractivity contribution is 5.81. The van der Waals surface area contributed by atoms with Crippen molar-refractivity contribution in [2.75, 3.05) is 19.7 Å². The van der Waals surface area contributed by atoms with E-state index in [9.17, 15) is 4.79 Å². The highest BCUT2D eigenvalue weighted by Crippen LogP contribution is 2.25. The summed E-state index contributed by atoms with van der Waals surface area (Å²) in [5.74, 6) is 0.701. The van der Waals surface area contributed by atoms with Crippen LogP contribution in [0, 0.1) is 5.92 Å². The third-order valence-electron chi connectivity index (χ3n) is 4.20. The zero-order chi connectivity index (χ0) is 12.8. The van der Waals surface area contributed by atoms with Crippen molar-refractivity contribution in [3.63, 3.8) is 0 Å². The Labute approximate surface area is 110 Å². The van der Waals surface area contributed by atoms with Gasteiger partial charge in [-0.1, -0.05) is 25.7 Å². The largest absolute Gasteiger partial charge is 0.366 e. The minimum absolute atomic E-state index is 0.0546. The molecule has 1 aliphatic heterocycles. The van der Waals surface area contributed by atoms with Gasteiger partial charge in [-0.15, -0.1) is 0 Å². The molecule has 0 bridgehead atoms. The van der Waals surface area contributed by atoms with Crippen LogP contribution in [0.4, 0.5) is 0 Å². The van der Waals surface area contributed by atoms with Crippen LogP contribution in [0.3, 0.4) is 0 Å². The molecule has 0 spiro atoms. The second-order valence-electron chi connectivity index (χ2n) is 5.61. The van der Waals surface area contributed by atoms with Crippen molar-refractivity contribution in [2.24, 2.45) is 5.92 Å². The fourth-order valence-electron chi connectivity index (χ4n) is 2.98. The molecule has 0 aromatic carbocycles. The maximum atomic E-state index is 12.1. The fourth-order valence-corrected chi connectivity index (χ4v) is 2.98. The van der Waals surface area contributed by atoms with E-state index in [1.807, 2.05) is 0 Å². The molecule has 0 aromatic rings. The minimum Gasteiger partial charge on any atom is -0.366 e. The number of rotatable bonds is 3. The lowest BCUT2D eigenvalue weighted by atomic mass is 9.93. The average Bonchev–Trinajstić information content (AvgIpc) is 2.68. The second-order valence-corrected chi connectivity index (χ2v) is 5.61. The number of hydrogen-bond donors (Lipinski definition) is 2. The number of carbonyl (C=O) groups is 1. The highest BCUT2D eigenvalue weighted by Gasteiger charge is 2.26. The first-order valence-electron chi connectivity index (χ1n) is 7.40. The van der Waals surface area contributed by atoms with Crippen LogP contribution in [0.5, 0.6) is 0 Å². The predicted molar refractivity (Wildman–Crippen MR) is 71.4 cm³/mol. The van der Waals surface area contributed by atoms with Gasteiger partial charge in [-0.05, 0) is 25.7 Å². The van der Waals surface area contributed by atoms with Gasteiger partial charge in [-0.3, -0.25) is 4.79 Å². The van der Waals surface area contributed by atoms with E-state index in [4.69, 9.17) is 4.74 Å². The summed E-state index contributed by atoms with van der Waals surface area (Å²) >= 11 is 0. The Balaban J connectivity index is 1.77. The molecule has 2 N–H and O–H groups in total. The van der Waals surface area contributed by atoms with Gasteiger partial charge in [0.25, 0.3) is 5.91 Å². The normalized spacial score (nSPS) is 28.4. The number of ether oxygens (including phenoxy) is 1. The summed E-state index contributed by atoms with van der Waals surface area (Å²) in [6.07, 6.45) is 7.54. The summed E-state index contributed by atoms with van der Waals surface area (Å²) < 4.78 is 5.48. The topological polar surface area (TPSA) is 50.4 Å². The van der Waals surface area contributed by atoms with Crippen LogP contribution in [-0.4, -0.2) is 37.7 Å². The summed E-state index contributed by atoms with van der Waals surface area (Å²) in [5, 5.41) is 6.34. The van der Waals surface area contributed by atoms with Gasteiger partial charge in [-0.25, -0.2) is 0 Å². The van der Waals surface area contributed by atoms with Gasteiger partial charge in [0.05, 0.1) is 6.61 Å². The van der Waals surface area contributed by atoms with Gasteiger partial charge in [0, 0.05) is 19.1 Å². The van der Waals surface area contributed by atoms with E-state index >= 15 is 0 Å². The fraction of sp³-hybridized carbons (Fsp3) is 0.929. The summed E-state index contributed by atoms with van der Waals surface area (Å²) in [5.41, 5.74) is 0. The molecule has 4 heteroatoms. The van der Waals surface area contributed by atoms with Crippen molar-refractivity contribution in [1.82, 2.24) is 10.6 Å². The molecule has 1 unspecified atom stereocenters. The number of hydrogen-bond acceptors (Lipinski definition) is 3. The maximum Gasteiger partial charge on any atom is 0.250 e. The van der Waals surface area contributed by atoms with Gasteiger partial charge >= 0.3 is 0 Å². The van der Waals surface area contributed by atoms with Gasteiger partial charge in [-0.2, -0.15) is 0 Å². The first kappa shape index (κ1) is 13.8. The SMILES string of the molecule is C[C@@H](NC(=O)C1CNCCO1)C1CCCCCC1. The molecule has 0 aromatic heterocycles. The van der Waals surface area contributed by atoms with E-state index in [1.165, 1.54) is 38.5 Å². The summed E-state index contributed by atoms with van der Waals surface area (Å²) in [4.78, 5) is 12.1. The molecule has 1 saturated heterocycles. The number of amides is 1. The molecule has 0 radical (unpaired) electrons. The Hall–Kier alpha value is -0.610. The van der Waals surface area contributed by atoms with Crippen LogP contribution in [0.1, 0.15) is 45.4 Å². The third kappa shape index (κ3) is 3.95. The van der Waals surface area contributed by atoms with E-state index < -0.39 is 0 Å². The Morgan fingerprint density at radius 1 is 1.28 bits per heavy atom. The van der Waals surface area contributed by atoms with Gasteiger partial charge in [0.15, 0.2) is 0 Å². The Bertz CT molecular complexity index is 257. The molecule has 2 rings (SSSR count). The van der Waals surface area contributed by atoms with Gasteiger partial charge in [0.2, 0.25) is 0 Å². The van der Waals surface area contributed by atoms with E-state index in [1.54, 1.807) is 0 Å². The molecule has 2 fully saturated rings. The summed E-state index contributed by atoms with van der Waals surface area (Å²) in [6.45, 7) is 4.27. The smallest absolute Gasteiger partial charge is 0.250 e. The quantitative estimate of drug-likeness (QED) is 0.750. The molecule has 1 amide bonds. The van der Waals surface area contributed by atoms with Crippen molar-refractivity contribution in [2.45, 2.75) is 57.6 Å². The van der Waals surface area contributed by atoms with E-state index in [0.717, 1.165) is 6.54 Å². The molecule has 1 aliphatic carbocycles. The molecular formula is C14H26N2O2. The molecule has 104 valence electrons. The van der Waals surface area contributed by atoms with Crippen molar-refractivity contribution in [3.8, 4) is 0 Å².